The summed E-state index contributed by atoms with van der Waals surface area (Å²) in [6, 6.07) is 8.22. The van der Waals surface area contributed by atoms with Crippen LogP contribution in [-0.2, 0) is 11.3 Å². The molecular formula is C15H19BrN2O. The first-order valence-electron chi connectivity index (χ1n) is 6.29. The van der Waals surface area contributed by atoms with E-state index in [1.807, 2.05) is 12.3 Å². The maximum atomic E-state index is 5.22. The molecule has 4 heteroatoms. The van der Waals surface area contributed by atoms with Crippen molar-refractivity contribution in [3.8, 4) is 0 Å². The first kappa shape index (κ1) is 14.4. The van der Waals surface area contributed by atoms with Gasteiger partial charge >= 0.3 is 0 Å². The largest absolute Gasteiger partial charge is 0.383 e. The van der Waals surface area contributed by atoms with Crippen molar-refractivity contribution in [3.05, 3.63) is 40.5 Å². The molecule has 0 saturated carbocycles. The van der Waals surface area contributed by atoms with Crippen molar-refractivity contribution >= 4 is 26.8 Å². The monoisotopic (exact) mass is 322 g/mol. The van der Waals surface area contributed by atoms with Gasteiger partial charge in [-0.1, -0.05) is 28.1 Å². The Hall–Kier alpha value is -0.970. The lowest BCUT2D eigenvalue weighted by Gasteiger charge is -2.25. The molecule has 0 amide bonds. The summed E-state index contributed by atoms with van der Waals surface area (Å²) in [6.45, 7) is 5.71. The lowest BCUT2D eigenvalue weighted by atomic mass is 10.1. The molecule has 1 N–H and O–H groups in total. The van der Waals surface area contributed by atoms with Crippen LogP contribution in [-0.4, -0.2) is 24.2 Å². The van der Waals surface area contributed by atoms with E-state index in [0.29, 0.717) is 6.61 Å². The number of hydrogen-bond donors (Lipinski definition) is 1. The summed E-state index contributed by atoms with van der Waals surface area (Å²) in [6.07, 6.45) is 1.83. The molecule has 0 aliphatic rings. The van der Waals surface area contributed by atoms with Crippen molar-refractivity contribution in [3.63, 3.8) is 0 Å². The van der Waals surface area contributed by atoms with Gasteiger partial charge in [0.25, 0.3) is 0 Å². The van der Waals surface area contributed by atoms with Gasteiger partial charge in [0.05, 0.1) is 12.1 Å². The predicted molar refractivity (Wildman–Crippen MR) is 82.2 cm³/mol. The normalized spacial score (nSPS) is 12.0. The summed E-state index contributed by atoms with van der Waals surface area (Å²) in [5.41, 5.74) is 2.18. The van der Waals surface area contributed by atoms with Crippen LogP contribution in [0.1, 0.15) is 19.4 Å². The average Bonchev–Trinajstić information content (AvgIpc) is 2.38. The Kier molecular flexibility index (Phi) is 4.55. The van der Waals surface area contributed by atoms with Gasteiger partial charge < -0.3 is 10.1 Å². The van der Waals surface area contributed by atoms with Crippen molar-refractivity contribution < 1.29 is 4.74 Å². The second kappa shape index (κ2) is 5.99. The predicted octanol–water partition coefficient (Wildman–Crippen LogP) is 3.51. The van der Waals surface area contributed by atoms with Crippen LogP contribution in [0.2, 0.25) is 0 Å². The number of methoxy groups -OCH3 is 1. The summed E-state index contributed by atoms with van der Waals surface area (Å²) in [7, 11) is 1.72. The molecule has 2 aromatic rings. The number of rotatable bonds is 5. The SMILES string of the molecule is COCC(C)(C)NCc1ccc(Br)c2cccnc12. The van der Waals surface area contributed by atoms with Crippen LogP contribution in [0.4, 0.5) is 0 Å². The maximum absolute atomic E-state index is 5.22. The summed E-state index contributed by atoms with van der Waals surface area (Å²) in [4.78, 5) is 4.49. The molecule has 19 heavy (non-hydrogen) atoms. The number of nitrogens with one attached hydrogen (secondary N) is 1. The Morgan fingerprint density at radius 1 is 1.32 bits per heavy atom. The number of hydrogen-bond acceptors (Lipinski definition) is 3. The fraction of sp³-hybridized carbons (Fsp3) is 0.400. The Morgan fingerprint density at radius 3 is 2.84 bits per heavy atom. The zero-order chi connectivity index (χ0) is 13.9. The first-order valence-corrected chi connectivity index (χ1v) is 7.09. The third-order valence-electron chi connectivity index (χ3n) is 3.06. The van der Waals surface area contributed by atoms with Crippen LogP contribution >= 0.6 is 15.9 Å². The number of aromatic nitrogens is 1. The summed E-state index contributed by atoms with van der Waals surface area (Å²) in [5.74, 6) is 0. The highest BCUT2D eigenvalue weighted by Crippen LogP contribution is 2.25. The molecule has 1 aromatic heterocycles. The Labute approximate surface area is 122 Å². The zero-order valence-electron chi connectivity index (χ0n) is 11.5. The highest BCUT2D eigenvalue weighted by atomic mass is 79.9. The molecule has 0 atom stereocenters. The molecule has 0 spiro atoms. The van der Waals surface area contributed by atoms with E-state index in [1.165, 1.54) is 5.56 Å². The average molecular weight is 323 g/mol. The van der Waals surface area contributed by atoms with Gasteiger partial charge in [-0.15, -0.1) is 0 Å². The van der Waals surface area contributed by atoms with Gasteiger partial charge in [0.1, 0.15) is 0 Å². The van der Waals surface area contributed by atoms with Gasteiger partial charge in [-0.2, -0.15) is 0 Å². The number of pyridine rings is 1. The van der Waals surface area contributed by atoms with Crippen LogP contribution in [0.5, 0.6) is 0 Å². The highest BCUT2D eigenvalue weighted by Gasteiger charge is 2.17. The van der Waals surface area contributed by atoms with Crippen LogP contribution in [0.25, 0.3) is 10.9 Å². The van der Waals surface area contributed by atoms with Gasteiger partial charge in [-0.05, 0) is 31.5 Å². The van der Waals surface area contributed by atoms with Crippen molar-refractivity contribution in [1.82, 2.24) is 10.3 Å². The summed E-state index contributed by atoms with van der Waals surface area (Å²) >= 11 is 3.57. The minimum atomic E-state index is -0.0527. The van der Waals surface area contributed by atoms with E-state index in [0.717, 1.165) is 21.9 Å². The molecular weight excluding hydrogens is 304 g/mol. The van der Waals surface area contributed by atoms with Gasteiger partial charge in [-0.25, -0.2) is 0 Å². The second-order valence-electron chi connectivity index (χ2n) is 5.28. The summed E-state index contributed by atoms with van der Waals surface area (Å²) < 4.78 is 6.30. The van der Waals surface area contributed by atoms with E-state index in [-0.39, 0.29) is 5.54 Å². The second-order valence-corrected chi connectivity index (χ2v) is 6.13. The topological polar surface area (TPSA) is 34.1 Å². The molecule has 0 aliphatic carbocycles. The molecule has 1 heterocycles. The van der Waals surface area contributed by atoms with Crippen molar-refractivity contribution in [2.75, 3.05) is 13.7 Å². The number of nitrogens with zero attached hydrogens (tertiary/aromatic N) is 1. The number of fused-ring (bicyclic) bond motifs is 1. The van der Waals surface area contributed by atoms with Gasteiger partial charge in [-0.3, -0.25) is 4.98 Å². The van der Waals surface area contributed by atoms with E-state index in [1.54, 1.807) is 7.11 Å². The number of halogens is 1. The molecule has 102 valence electrons. The third-order valence-corrected chi connectivity index (χ3v) is 3.75. The number of benzene rings is 1. The molecule has 2 rings (SSSR count). The van der Waals surface area contributed by atoms with Gasteiger partial charge in [0.15, 0.2) is 0 Å². The van der Waals surface area contributed by atoms with E-state index < -0.39 is 0 Å². The maximum Gasteiger partial charge on any atom is 0.0758 e. The van der Waals surface area contributed by atoms with Gasteiger partial charge in [0, 0.05) is 35.2 Å². The molecule has 0 radical (unpaired) electrons. The van der Waals surface area contributed by atoms with E-state index in [4.69, 9.17) is 4.74 Å². The Morgan fingerprint density at radius 2 is 2.11 bits per heavy atom. The molecule has 0 saturated heterocycles. The minimum absolute atomic E-state index is 0.0527. The van der Waals surface area contributed by atoms with Gasteiger partial charge in [0.2, 0.25) is 0 Å². The van der Waals surface area contributed by atoms with E-state index in [2.05, 4.69) is 58.3 Å². The Bertz CT molecular complexity index is 569. The lowest BCUT2D eigenvalue weighted by Crippen LogP contribution is -2.42. The molecule has 0 fully saturated rings. The van der Waals surface area contributed by atoms with Crippen molar-refractivity contribution in [2.24, 2.45) is 0 Å². The van der Waals surface area contributed by atoms with E-state index >= 15 is 0 Å². The van der Waals surface area contributed by atoms with Crippen LogP contribution in [0.15, 0.2) is 34.9 Å². The molecule has 0 aliphatic heterocycles. The van der Waals surface area contributed by atoms with Crippen LogP contribution in [0, 0.1) is 0 Å². The molecule has 1 aromatic carbocycles. The zero-order valence-corrected chi connectivity index (χ0v) is 13.1. The summed E-state index contributed by atoms with van der Waals surface area (Å²) in [5, 5.41) is 4.65. The fourth-order valence-corrected chi connectivity index (χ4v) is 2.54. The van der Waals surface area contributed by atoms with Crippen LogP contribution in [0.3, 0.4) is 0 Å². The quantitative estimate of drug-likeness (QED) is 0.914. The third kappa shape index (κ3) is 3.53. The molecule has 3 nitrogen and oxygen atoms in total. The molecule has 0 unspecified atom stereocenters. The Balaban J connectivity index is 2.24. The number of ether oxygens (including phenoxy) is 1. The minimum Gasteiger partial charge on any atom is -0.383 e. The lowest BCUT2D eigenvalue weighted by molar-refractivity contribution is 0.128. The van der Waals surface area contributed by atoms with Crippen molar-refractivity contribution in [1.29, 1.82) is 0 Å². The smallest absolute Gasteiger partial charge is 0.0758 e. The standard InChI is InChI=1S/C15H19BrN2O/c1-15(2,10-19-3)18-9-11-6-7-13(16)12-5-4-8-17-14(11)12/h4-8,18H,9-10H2,1-3H3. The van der Waals surface area contributed by atoms with E-state index in [9.17, 15) is 0 Å². The molecule has 0 bridgehead atoms. The first-order chi connectivity index (χ1) is 9.03. The van der Waals surface area contributed by atoms with Crippen LogP contribution < -0.4 is 5.32 Å². The van der Waals surface area contributed by atoms with Crippen molar-refractivity contribution in [2.45, 2.75) is 25.9 Å². The fourth-order valence-electron chi connectivity index (χ4n) is 2.09. The highest BCUT2D eigenvalue weighted by molar-refractivity contribution is 9.10.